The van der Waals surface area contributed by atoms with E-state index < -0.39 is 0 Å². The van der Waals surface area contributed by atoms with E-state index in [2.05, 4.69) is 12.1 Å². The van der Waals surface area contributed by atoms with Crippen molar-refractivity contribution in [3.05, 3.63) is 29.8 Å². The Morgan fingerprint density at radius 2 is 1.89 bits per heavy atom. The van der Waals surface area contributed by atoms with Crippen LogP contribution in [0.3, 0.4) is 0 Å². The molecular weight excluding hydrogens is 228 g/mol. The molecule has 3 nitrogen and oxygen atoms in total. The molecule has 100 valence electrons. The van der Waals surface area contributed by atoms with Crippen molar-refractivity contribution in [3.8, 4) is 5.75 Å². The molecular formula is C15H22O3. The van der Waals surface area contributed by atoms with Crippen LogP contribution in [-0.2, 0) is 11.2 Å². The smallest absolute Gasteiger partial charge is 0.124 e. The number of methoxy groups -OCH3 is 1. The fourth-order valence-electron chi connectivity index (χ4n) is 2.34. The van der Waals surface area contributed by atoms with Crippen LogP contribution in [0.4, 0.5) is 0 Å². The molecule has 0 heterocycles. The van der Waals surface area contributed by atoms with Crippen molar-refractivity contribution in [3.63, 3.8) is 0 Å². The summed E-state index contributed by atoms with van der Waals surface area (Å²) in [5.41, 5.74) is 1.24. The highest BCUT2D eigenvalue weighted by molar-refractivity contribution is 5.27. The van der Waals surface area contributed by atoms with Crippen molar-refractivity contribution >= 4 is 0 Å². The Labute approximate surface area is 109 Å². The van der Waals surface area contributed by atoms with Crippen LogP contribution in [0.15, 0.2) is 24.3 Å². The van der Waals surface area contributed by atoms with Crippen molar-refractivity contribution in [1.82, 2.24) is 0 Å². The lowest BCUT2D eigenvalue weighted by Gasteiger charge is -2.28. The van der Waals surface area contributed by atoms with E-state index in [4.69, 9.17) is 9.47 Å². The predicted molar refractivity (Wildman–Crippen MR) is 70.9 cm³/mol. The maximum absolute atomic E-state index is 9.86. The van der Waals surface area contributed by atoms with Gasteiger partial charge in [-0.05, 0) is 43.4 Å². The van der Waals surface area contributed by atoms with Crippen LogP contribution < -0.4 is 4.74 Å². The van der Waals surface area contributed by atoms with E-state index in [9.17, 15) is 5.11 Å². The zero-order chi connectivity index (χ0) is 12.8. The van der Waals surface area contributed by atoms with E-state index in [1.54, 1.807) is 7.11 Å². The molecule has 1 aromatic carbocycles. The summed E-state index contributed by atoms with van der Waals surface area (Å²) in [7, 11) is 1.71. The summed E-state index contributed by atoms with van der Waals surface area (Å²) in [5, 5.41) is 9.86. The number of ether oxygens (including phenoxy) is 2. The molecule has 0 aromatic heterocycles. The van der Waals surface area contributed by atoms with Gasteiger partial charge in [0, 0.05) is 7.11 Å². The molecule has 2 rings (SSSR count). The average molecular weight is 250 g/mol. The van der Waals surface area contributed by atoms with Gasteiger partial charge in [-0.15, -0.1) is 0 Å². The highest BCUT2D eigenvalue weighted by Gasteiger charge is 2.24. The Morgan fingerprint density at radius 1 is 1.17 bits per heavy atom. The predicted octanol–water partition coefficient (Wildman–Crippen LogP) is 2.56. The third-order valence-electron chi connectivity index (χ3n) is 3.47. The molecule has 0 amide bonds. The first-order valence-electron chi connectivity index (χ1n) is 6.72. The number of hydrogen-bond acceptors (Lipinski definition) is 3. The van der Waals surface area contributed by atoms with Gasteiger partial charge in [0.1, 0.15) is 11.9 Å². The van der Waals surface area contributed by atoms with Crippen molar-refractivity contribution in [2.45, 2.75) is 44.3 Å². The molecule has 0 bridgehead atoms. The van der Waals surface area contributed by atoms with Crippen molar-refractivity contribution < 1.29 is 14.6 Å². The summed E-state index contributed by atoms with van der Waals surface area (Å²) in [6, 6.07) is 8.08. The van der Waals surface area contributed by atoms with Gasteiger partial charge in [0.2, 0.25) is 0 Å². The third-order valence-corrected chi connectivity index (χ3v) is 3.47. The van der Waals surface area contributed by atoms with Gasteiger partial charge in [-0.1, -0.05) is 18.6 Å². The molecule has 1 saturated carbocycles. The quantitative estimate of drug-likeness (QED) is 0.873. The van der Waals surface area contributed by atoms with Crippen LogP contribution in [0.5, 0.6) is 5.75 Å². The van der Waals surface area contributed by atoms with Crippen LogP contribution in [0.25, 0.3) is 0 Å². The summed E-state index contributed by atoms with van der Waals surface area (Å²) in [4.78, 5) is 0. The number of hydrogen-bond donors (Lipinski definition) is 1. The van der Waals surface area contributed by atoms with Gasteiger partial charge in [0.15, 0.2) is 0 Å². The van der Waals surface area contributed by atoms with Crippen LogP contribution in [0.2, 0.25) is 0 Å². The van der Waals surface area contributed by atoms with Crippen molar-refractivity contribution in [2.24, 2.45) is 0 Å². The summed E-state index contributed by atoms with van der Waals surface area (Å²) in [6.45, 7) is 0.738. The summed E-state index contributed by atoms with van der Waals surface area (Å²) < 4.78 is 10.9. The number of benzene rings is 1. The molecule has 1 fully saturated rings. The minimum Gasteiger partial charge on any atom is -0.488 e. The van der Waals surface area contributed by atoms with E-state index in [1.165, 1.54) is 5.56 Å². The highest BCUT2D eigenvalue weighted by Crippen LogP contribution is 2.24. The summed E-state index contributed by atoms with van der Waals surface area (Å²) in [6.07, 6.45) is 4.63. The first-order chi connectivity index (χ1) is 8.79. The standard InChI is InChI=1S/C15H22O3/c1-17-11-10-12-6-8-13(9-7-12)18-15-5-3-2-4-14(15)16/h6-9,14-16H,2-5,10-11H2,1H3/t14-,15-/m0/s1. The molecule has 0 spiro atoms. The maximum Gasteiger partial charge on any atom is 0.124 e. The molecule has 3 heteroatoms. The molecule has 1 aliphatic carbocycles. The fourth-order valence-corrected chi connectivity index (χ4v) is 2.34. The van der Waals surface area contributed by atoms with Crippen LogP contribution in [-0.4, -0.2) is 31.0 Å². The van der Waals surface area contributed by atoms with E-state index in [0.29, 0.717) is 0 Å². The van der Waals surface area contributed by atoms with E-state index in [0.717, 1.165) is 44.5 Å². The van der Waals surface area contributed by atoms with Crippen LogP contribution in [0, 0.1) is 0 Å². The lowest BCUT2D eigenvalue weighted by molar-refractivity contribution is 0.00687. The summed E-state index contributed by atoms with van der Waals surface area (Å²) in [5.74, 6) is 0.849. The Hall–Kier alpha value is -1.06. The second-order valence-electron chi connectivity index (χ2n) is 4.89. The normalized spacial score (nSPS) is 23.9. The third kappa shape index (κ3) is 3.72. The largest absolute Gasteiger partial charge is 0.488 e. The molecule has 0 unspecified atom stereocenters. The first kappa shape index (κ1) is 13.4. The maximum atomic E-state index is 9.86. The summed E-state index contributed by atoms with van der Waals surface area (Å²) >= 11 is 0. The Kier molecular flexibility index (Phi) is 5.02. The first-order valence-corrected chi connectivity index (χ1v) is 6.72. The zero-order valence-electron chi connectivity index (χ0n) is 11.0. The number of aliphatic hydroxyl groups excluding tert-OH is 1. The van der Waals surface area contributed by atoms with Gasteiger partial charge >= 0.3 is 0 Å². The second-order valence-corrected chi connectivity index (χ2v) is 4.89. The van der Waals surface area contributed by atoms with E-state index in [1.807, 2.05) is 12.1 Å². The molecule has 18 heavy (non-hydrogen) atoms. The van der Waals surface area contributed by atoms with Gasteiger partial charge in [0.25, 0.3) is 0 Å². The fraction of sp³-hybridized carbons (Fsp3) is 0.600. The monoisotopic (exact) mass is 250 g/mol. The zero-order valence-corrected chi connectivity index (χ0v) is 11.0. The highest BCUT2D eigenvalue weighted by atomic mass is 16.5. The Balaban J connectivity index is 1.89. The average Bonchev–Trinajstić information content (AvgIpc) is 2.41. The van der Waals surface area contributed by atoms with Crippen molar-refractivity contribution in [2.75, 3.05) is 13.7 Å². The number of rotatable bonds is 5. The molecule has 2 atom stereocenters. The van der Waals surface area contributed by atoms with Gasteiger partial charge in [-0.25, -0.2) is 0 Å². The molecule has 0 saturated heterocycles. The van der Waals surface area contributed by atoms with E-state index in [-0.39, 0.29) is 12.2 Å². The SMILES string of the molecule is COCCc1ccc(O[C@H]2CCCC[C@@H]2O)cc1. The Bertz CT molecular complexity index is 347. The van der Waals surface area contributed by atoms with Crippen LogP contribution in [0.1, 0.15) is 31.2 Å². The lowest BCUT2D eigenvalue weighted by atomic mass is 9.95. The molecule has 1 aliphatic rings. The second kappa shape index (κ2) is 6.76. The Morgan fingerprint density at radius 3 is 2.56 bits per heavy atom. The van der Waals surface area contributed by atoms with Gasteiger partial charge in [-0.3, -0.25) is 0 Å². The van der Waals surface area contributed by atoms with Gasteiger partial charge < -0.3 is 14.6 Å². The van der Waals surface area contributed by atoms with Gasteiger partial charge in [0.05, 0.1) is 12.7 Å². The minimum atomic E-state index is -0.313. The van der Waals surface area contributed by atoms with E-state index >= 15 is 0 Å². The molecule has 1 N–H and O–H groups in total. The topological polar surface area (TPSA) is 38.7 Å². The molecule has 0 aliphatic heterocycles. The van der Waals surface area contributed by atoms with Gasteiger partial charge in [-0.2, -0.15) is 0 Å². The molecule has 1 aromatic rings. The minimum absolute atomic E-state index is 0.0384. The van der Waals surface area contributed by atoms with Crippen molar-refractivity contribution in [1.29, 1.82) is 0 Å². The number of aliphatic hydroxyl groups is 1. The lowest BCUT2D eigenvalue weighted by Crippen LogP contribution is -2.34. The molecule has 0 radical (unpaired) electrons. The van der Waals surface area contributed by atoms with Crippen LogP contribution >= 0.6 is 0 Å².